The topological polar surface area (TPSA) is 145 Å². The molecule has 2 aliphatic rings. The van der Waals surface area contributed by atoms with Crippen molar-refractivity contribution in [3.05, 3.63) is 68.1 Å². The molecule has 0 saturated carbocycles. The summed E-state index contributed by atoms with van der Waals surface area (Å²) in [5.41, 5.74) is 1.31. The average molecular weight is 708 g/mol. The highest BCUT2D eigenvalue weighted by molar-refractivity contribution is 7.10. The molecule has 2 aromatic heterocycles. The molecule has 4 amide bonds. The Balaban J connectivity index is 1.42. The fourth-order valence-electron chi connectivity index (χ4n) is 7.19. The van der Waals surface area contributed by atoms with Gasteiger partial charge < -0.3 is 26.2 Å². The molecule has 3 aromatic rings. The number of hydrogen-bond donors (Lipinski definition) is 4. The molecule has 0 spiro atoms. The van der Waals surface area contributed by atoms with Crippen LogP contribution in [-0.4, -0.2) is 69.2 Å². The summed E-state index contributed by atoms with van der Waals surface area (Å²) in [6.07, 6.45) is 2.98. The van der Waals surface area contributed by atoms with E-state index in [1.807, 2.05) is 44.2 Å². The van der Waals surface area contributed by atoms with Crippen LogP contribution in [0.15, 0.2) is 41.1 Å². The smallest absolute Gasteiger partial charge is 0.271 e. The fraction of sp³-hybridized carbons (Fsp3) is 0.556. The SMILES string of the molecule is CC(C)[C@@H]1NC(=O)c2csc(n2)[C@H](Cc2ccccc2)NC(=O)CN(C(=O)CC2CC(C)(C)NC(C)(C)C2)CCCNC(=O)c2csc1n2. The molecule has 1 saturated heterocycles. The first-order valence-electron chi connectivity index (χ1n) is 17.1. The Kier molecular flexibility index (Phi) is 11.6. The summed E-state index contributed by atoms with van der Waals surface area (Å²) >= 11 is 2.65. The Morgan fingerprint density at radius 1 is 0.918 bits per heavy atom. The molecule has 2 atom stereocenters. The second-order valence-electron chi connectivity index (χ2n) is 14.9. The van der Waals surface area contributed by atoms with Crippen LogP contribution in [-0.2, 0) is 16.0 Å². The van der Waals surface area contributed by atoms with Gasteiger partial charge in [0.15, 0.2) is 0 Å². The maximum Gasteiger partial charge on any atom is 0.271 e. The normalized spacial score (nSPS) is 22.3. The van der Waals surface area contributed by atoms with Gasteiger partial charge in [0.2, 0.25) is 11.8 Å². The lowest BCUT2D eigenvalue weighted by molar-refractivity contribution is -0.137. The van der Waals surface area contributed by atoms with Crippen LogP contribution in [0.1, 0.15) is 116 Å². The second kappa shape index (κ2) is 15.5. The summed E-state index contributed by atoms with van der Waals surface area (Å²) in [4.78, 5) is 65.0. The maximum atomic E-state index is 13.9. The fourth-order valence-corrected chi connectivity index (χ4v) is 9.06. The molecule has 0 aliphatic carbocycles. The zero-order chi connectivity index (χ0) is 35.3. The minimum Gasteiger partial charge on any atom is -0.351 e. The van der Waals surface area contributed by atoms with E-state index in [4.69, 9.17) is 0 Å². The van der Waals surface area contributed by atoms with Crippen molar-refractivity contribution in [3.63, 3.8) is 0 Å². The van der Waals surface area contributed by atoms with Gasteiger partial charge in [0.1, 0.15) is 21.4 Å². The summed E-state index contributed by atoms with van der Waals surface area (Å²) in [5, 5.41) is 17.4. The molecular formula is C36H49N7O4S2. The van der Waals surface area contributed by atoms with Gasteiger partial charge in [-0.25, -0.2) is 9.97 Å². The van der Waals surface area contributed by atoms with Crippen molar-refractivity contribution in [3.8, 4) is 0 Å². The maximum absolute atomic E-state index is 13.9. The molecule has 4 N–H and O–H groups in total. The molecule has 1 fully saturated rings. The molecule has 2 aliphatic heterocycles. The number of amides is 4. The van der Waals surface area contributed by atoms with Crippen molar-refractivity contribution in [2.45, 2.75) is 96.8 Å². The zero-order valence-corrected chi connectivity index (χ0v) is 30.9. The molecule has 49 heavy (non-hydrogen) atoms. The minimum absolute atomic E-state index is 0.00822. The summed E-state index contributed by atoms with van der Waals surface area (Å²) < 4.78 is 0. The molecule has 5 rings (SSSR count). The summed E-state index contributed by atoms with van der Waals surface area (Å²) in [7, 11) is 0. The van der Waals surface area contributed by atoms with Crippen LogP contribution in [0.5, 0.6) is 0 Å². The van der Waals surface area contributed by atoms with Crippen LogP contribution in [0.3, 0.4) is 0 Å². The Morgan fingerprint density at radius 2 is 1.55 bits per heavy atom. The number of aromatic nitrogens is 2. The molecular weight excluding hydrogens is 659 g/mol. The molecule has 13 heteroatoms. The van der Waals surface area contributed by atoms with Gasteiger partial charge >= 0.3 is 0 Å². The van der Waals surface area contributed by atoms with E-state index in [1.165, 1.54) is 22.7 Å². The van der Waals surface area contributed by atoms with Crippen molar-refractivity contribution in [2.75, 3.05) is 19.6 Å². The van der Waals surface area contributed by atoms with E-state index < -0.39 is 12.1 Å². The molecule has 1 aromatic carbocycles. The molecule has 0 radical (unpaired) electrons. The van der Waals surface area contributed by atoms with Crippen molar-refractivity contribution in [1.82, 2.24) is 36.1 Å². The van der Waals surface area contributed by atoms with E-state index in [1.54, 1.807) is 15.7 Å². The Bertz CT molecular complexity index is 1620. The van der Waals surface area contributed by atoms with E-state index in [9.17, 15) is 19.2 Å². The van der Waals surface area contributed by atoms with Gasteiger partial charge in [-0.3, -0.25) is 19.2 Å². The third-order valence-corrected chi connectivity index (χ3v) is 10.8. The van der Waals surface area contributed by atoms with Gasteiger partial charge in [0.25, 0.3) is 11.8 Å². The minimum atomic E-state index is -0.506. The number of benzene rings is 1. The molecule has 264 valence electrons. The van der Waals surface area contributed by atoms with Crippen LogP contribution in [0.4, 0.5) is 0 Å². The number of carbonyl (C=O) groups excluding carboxylic acids is 4. The van der Waals surface area contributed by atoms with Gasteiger partial charge in [-0.15, -0.1) is 22.7 Å². The van der Waals surface area contributed by atoms with E-state index in [0.717, 1.165) is 18.4 Å². The Labute approximate surface area is 297 Å². The molecule has 0 unspecified atom stereocenters. The lowest BCUT2D eigenvalue weighted by Crippen LogP contribution is -2.58. The number of fused-ring (bicyclic) bond motifs is 4. The summed E-state index contributed by atoms with van der Waals surface area (Å²) in [6, 6.07) is 8.88. The van der Waals surface area contributed by atoms with E-state index in [0.29, 0.717) is 42.4 Å². The van der Waals surface area contributed by atoms with E-state index in [2.05, 4.69) is 58.9 Å². The van der Waals surface area contributed by atoms with Gasteiger partial charge in [-0.2, -0.15) is 0 Å². The van der Waals surface area contributed by atoms with Crippen LogP contribution in [0.2, 0.25) is 0 Å². The number of thiazole rings is 2. The molecule has 4 heterocycles. The highest BCUT2D eigenvalue weighted by Gasteiger charge is 2.39. The number of nitrogens with one attached hydrogen (secondary N) is 4. The third kappa shape index (κ3) is 9.95. The number of carbonyl (C=O) groups is 4. The lowest BCUT2D eigenvalue weighted by Gasteiger charge is -2.46. The Hall–Kier alpha value is -3.68. The second-order valence-corrected chi connectivity index (χ2v) is 16.7. The van der Waals surface area contributed by atoms with Gasteiger partial charge in [-0.05, 0) is 70.8 Å². The summed E-state index contributed by atoms with van der Waals surface area (Å²) in [6.45, 7) is 13.1. The first kappa shape index (κ1) is 36.6. The van der Waals surface area contributed by atoms with Crippen molar-refractivity contribution >= 4 is 46.3 Å². The van der Waals surface area contributed by atoms with Crippen molar-refractivity contribution in [2.24, 2.45) is 11.8 Å². The third-order valence-electron chi connectivity index (χ3n) is 8.96. The number of nitrogens with zero attached hydrogens (tertiary/aromatic N) is 3. The van der Waals surface area contributed by atoms with Crippen molar-refractivity contribution in [1.29, 1.82) is 0 Å². The number of piperidine rings is 1. The predicted octanol–water partition coefficient (Wildman–Crippen LogP) is 5.04. The van der Waals surface area contributed by atoms with Crippen LogP contribution >= 0.6 is 22.7 Å². The molecule has 11 nitrogen and oxygen atoms in total. The zero-order valence-electron chi connectivity index (χ0n) is 29.3. The monoisotopic (exact) mass is 707 g/mol. The van der Waals surface area contributed by atoms with Gasteiger partial charge in [0, 0.05) is 41.3 Å². The van der Waals surface area contributed by atoms with Gasteiger partial charge in [-0.1, -0.05) is 44.2 Å². The highest BCUT2D eigenvalue weighted by atomic mass is 32.1. The largest absolute Gasteiger partial charge is 0.351 e. The highest BCUT2D eigenvalue weighted by Crippen LogP contribution is 2.35. The Morgan fingerprint density at radius 3 is 2.22 bits per heavy atom. The van der Waals surface area contributed by atoms with E-state index in [-0.39, 0.29) is 64.5 Å². The van der Waals surface area contributed by atoms with Crippen LogP contribution in [0, 0.1) is 11.8 Å². The predicted molar refractivity (Wildman–Crippen MR) is 192 cm³/mol. The van der Waals surface area contributed by atoms with Crippen LogP contribution in [0.25, 0.3) is 0 Å². The lowest BCUT2D eigenvalue weighted by atomic mass is 9.74. The summed E-state index contributed by atoms with van der Waals surface area (Å²) in [5.74, 6) is -0.893. The number of hydrogen-bond acceptors (Lipinski definition) is 9. The first-order valence-corrected chi connectivity index (χ1v) is 18.8. The molecule has 4 bridgehead atoms. The van der Waals surface area contributed by atoms with Crippen LogP contribution < -0.4 is 21.3 Å². The first-order chi connectivity index (χ1) is 23.2. The number of rotatable bonds is 5. The van der Waals surface area contributed by atoms with E-state index >= 15 is 0 Å². The average Bonchev–Trinajstić information content (AvgIpc) is 3.70. The standard InChI is InChI=1S/C36H49N7O4S2/c1-22(2)30-34-40-26(20-49-34)31(46)37-13-10-14-43(29(45)16-24-17-35(3,4)42-36(5,6)18-24)19-28(44)38-25(15-23-11-8-7-9-12-23)33-39-27(21-48-33)32(47)41-30/h7-9,11-12,20-22,24-25,30,42H,10,13-19H2,1-6H3,(H,37,46)(H,38,44)(H,41,47)/t25-,30-/m0/s1. The van der Waals surface area contributed by atoms with Gasteiger partial charge in [0.05, 0.1) is 18.6 Å². The quantitative estimate of drug-likeness (QED) is 0.291. The van der Waals surface area contributed by atoms with Crippen molar-refractivity contribution < 1.29 is 19.2 Å².